The number of thiophene rings is 4. The Kier molecular flexibility index (Phi) is 7.51. The molecular weight excluding hydrogens is 705 g/mol. The van der Waals surface area contributed by atoms with Gasteiger partial charge in [-0.15, -0.1) is 45.3 Å². The molecule has 5 aromatic heterocycles. The van der Waals surface area contributed by atoms with Gasteiger partial charge in [-0.05, 0) is 122 Å². The molecule has 3 aromatic carbocycles. The summed E-state index contributed by atoms with van der Waals surface area (Å²) in [6.07, 6.45) is 0. The molecule has 0 unspecified atom stereocenters. The van der Waals surface area contributed by atoms with Crippen LogP contribution in [-0.4, -0.2) is 8.75 Å². The minimum absolute atomic E-state index is 0.0145. The quantitative estimate of drug-likeness (QED) is 0.176. The number of rotatable bonds is 5. The summed E-state index contributed by atoms with van der Waals surface area (Å²) < 4.78 is 9.72. The van der Waals surface area contributed by atoms with Gasteiger partial charge in [0.15, 0.2) is 0 Å². The molecule has 0 aliphatic heterocycles. The van der Waals surface area contributed by atoms with Crippen molar-refractivity contribution in [3.05, 3.63) is 117 Å². The molecule has 5 heterocycles. The molecule has 2 nitrogen and oxygen atoms in total. The van der Waals surface area contributed by atoms with Gasteiger partial charge >= 0.3 is 0 Å². The minimum atomic E-state index is -0.0145. The molecule has 9 rings (SSSR count). The zero-order valence-electron chi connectivity index (χ0n) is 29.4. The van der Waals surface area contributed by atoms with Gasteiger partial charge in [0.1, 0.15) is 11.0 Å². The standard InChI is InChI=1S/C43H36N2S5/c1-21-9-11-28-29-12-10-27(20-33(29)43(7,8)32(28)15-21)34-17-23(3)41(47-34)42-25(5)19-36(49-42)31-14-13-30(37-38(31)45-50-44-37)35-18-24(4)40(48-35)39-22(2)16-26(6)46-39/h9-20H,1-8H3. The Hall–Kier alpha value is -3.72. The molecule has 0 atom stereocenters. The van der Waals surface area contributed by atoms with Gasteiger partial charge in [-0.2, -0.15) is 8.75 Å². The van der Waals surface area contributed by atoms with E-state index in [0.717, 1.165) is 11.0 Å². The van der Waals surface area contributed by atoms with Gasteiger partial charge in [0, 0.05) is 55.6 Å². The number of nitrogens with zero attached hydrogens (tertiary/aromatic N) is 2. The lowest BCUT2D eigenvalue weighted by molar-refractivity contribution is 0.660. The number of aryl methyl sites for hydroxylation is 6. The van der Waals surface area contributed by atoms with Crippen molar-refractivity contribution in [2.45, 2.75) is 60.8 Å². The van der Waals surface area contributed by atoms with E-state index in [1.165, 1.54) is 118 Å². The summed E-state index contributed by atoms with van der Waals surface area (Å²) in [6, 6.07) is 27.9. The average molecular weight is 741 g/mol. The highest BCUT2D eigenvalue weighted by Crippen LogP contribution is 2.52. The Morgan fingerprint density at radius 3 is 1.48 bits per heavy atom. The maximum Gasteiger partial charge on any atom is 0.114 e. The van der Waals surface area contributed by atoms with Gasteiger partial charge in [0.25, 0.3) is 0 Å². The Morgan fingerprint density at radius 2 is 0.920 bits per heavy atom. The first kappa shape index (κ1) is 32.2. The van der Waals surface area contributed by atoms with Crippen LogP contribution in [0.2, 0.25) is 0 Å². The Morgan fingerprint density at radius 1 is 0.460 bits per heavy atom. The van der Waals surface area contributed by atoms with E-state index in [4.69, 9.17) is 8.75 Å². The van der Waals surface area contributed by atoms with Crippen molar-refractivity contribution in [3.8, 4) is 62.0 Å². The van der Waals surface area contributed by atoms with Crippen molar-refractivity contribution in [3.63, 3.8) is 0 Å². The predicted octanol–water partition coefficient (Wildman–Crippen LogP) is 14.4. The van der Waals surface area contributed by atoms with Crippen molar-refractivity contribution in [1.29, 1.82) is 0 Å². The molecule has 248 valence electrons. The number of hydrogen-bond acceptors (Lipinski definition) is 7. The van der Waals surface area contributed by atoms with Crippen LogP contribution in [-0.2, 0) is 5.41 Å². The van der Waals surface area contributed by atoms with Gasteiger partial charge in [-0.1, -0.05) is 61.9 Å². The second-order valence-electron chi connectivity index (χ2n) is 14.3. The summed E-state index contributed by atoms with van der Waals surface area (Å²) in [7, 11) is 0. The summed E-state index contributed by atoms with van der Waals surface area (Å²) in [4.78, 5) is 10.6. The van der Waals surface area contributed by atoms with Crippen LogP contribution in [0.5, 0.6) is 0 Å². The number of benzene rings is 3. The fourth-order valence-corrected chi connectivity index (χ4v) is 13.4. The molecule has 0 saturated heterocycles. The van der Waals surface area contributed by atoms with Crippen LogP contribution in [0.25, 0.3) is 73.0 Å². The van der Waals surface area contributed by atoms with E-state index in [1.807, 2.05) is 45.3 Å². The molecule has 0 fully saturated rings. The van der Waals surface area contributed by atoms with Crippen LogP contribution in [0, 0.1) is 41.5 Å². The third-order valence-electron chi connectivity index (χ3n) is 10.3. The zero-order chi connectivity index (χ0) is 34.6. The highest BCUT2D eigenvalue weighted by atomic mass is 32.1. The average Bonchev–Trinajstić information content (AvgIpc) is 3.93. The molecule has 0 spiro atoms. The molecule has 8 aromatic rings. The first-order chi connectivity index (χ1) is 24.0. The molecule has 0 N–H and O–H groups in total. The van der Waals surface area contributed by atoms with Crippen LogP contribution in [0.4, 0.5) is 0 Å². The van der Waals surface area contributed by atoms with Crippen molar-refractivity contribution < 1.29 is 0 Å². The molecule has 50 heavy (non-hydrogen) atoms. The van der Waals surface area contributed by atoms with Gasteiger partial charge in [-0.25, -0.2) is 0 Å². The maximum absolute atomic E-state index is 4.87. The SMILES string of the molecule is Cc1ccc2c(c1)C(C)(C)c1cc(-c3cc(C)c(-c4sc(-c5ccc(-c6cc(C)c(-c7sc(C)cc7C)s6)c6nsnc56)cc4C)s3)ccc1-2. The summed E-state index contributed by atoms with van der Waals surface area (Å²) >= 11 is 8.87. The van der Waals surface area contributed by atoms with E-state index in [9.17, 15) is 0 Å². The van der Waals surface area contributed by atoms with Crippen LogP contribution in [0.15, 0.2) is 72.8 Å². The van der Waals surface area contributed by atoms with Gasteiger partial charge in [0.2, 0.25) is 0 Å². The Labute approximate surface area is 314 Å². The topological polar surface area (TPSA) is 25.8 Å². The van der Waals surface area contributed by atoms with Gasteiger partial charge in [-0.3, -0.25) is 0 Å². The lowest BCUT2D eigenvalue weighted by atomic mass is 9.81. The van der Waals surface area contributed by atoms with E-state index in [-0.39, 0.29) is 5.41 Å². The predicted molar refractivity (Wildman–Crippen MR) is 222 cm³/mol. The smallest absolute Gasteiger partial charge is 0.114 e. The van der Waals surface area contributed by atoms with E-state index >= 15 is 0 Å². The molecule has 0 saturated carbocycles. The second-order valence-corrected chi connectivity index (χ2v) is 19.2. The summed E-state index contributed by atoms with van der Waals surface area (Å²) in [5.41, 5.74) is 17.9. The Balaban J connectivity index is 1.06. The first-order valence-corrected chi connectivity index (χ1v) is 20.9. The minimum Gasteiger partial charge on any atom is -0.172 e. The van der Waals surface area contributed by atoms with Crippen LogP contribution in [0.3, 0.4) is 0 Å². The zero-order valence-corrected chi connectivity index (χ0v) is 33.4. The van der Waals surface area contributed by atoms with Crippen molar-refractivity contribution in [2.75, 3.05) is 0 Å². The van der Waals surface area contributed by atoms with E-state index in [2.05, 4.69) is 128 Å². The second kappa shape index (κ2) is 11.7. The first-order valence-electron chi connectivity index (χ1n) is 16.9. The summed E-state index contributed by atoms with van der Waals surface area (Å²) in [5, 5.41) is 0. The Bertz CT molecular complexity index is 2650. The van der Waals surface area contributed by atoms with Crippen LogP contribution >= 0.6 is 57.1 Å². The highest BCUT2D eigenvalue weighted by Gasteiger charge is 2.35. The van der Waals surface area contributed by atoms with Gasteiger partial charge in [0.05, 0.1) is 11.7 Å². The van der Waals surface area contributed by atoms with Crippen molar-refractivity contribution >= 4 is 68.1 Å². The third-order valence-corrected chi connectivity index (χ3v) is 16.1. The number of fused-ring (bicyclic) bond motifs is 4. The fraction of sp³-hybridized carbons (Fsp3) is 0.209. The molecule has 0 bridgehead atoms. The number of aromatic nitrogens is 2. The summed E-state index contributed by atoms with van der Waals surface area (Å²) in [5.74, 6) is 0. The lowest BCUT2D eigenvalue weighted by Gasteiger charge is -2.22. The van der Waals surface area contributed by atoms with Crippen molar-refractivity contribution in [1.82, 2.24) is 8.75 Å². The van der Waals surface area contributed by atoms with E-state index in [1.54, 1.807) is 0 Å². The molecule has 0 amide bonds. The number of hydrogen-bond donors (Lipinski definition) is 0. The highest BCUT2D eigenvalue weighted by molar-refractivity contribution is 7.26. The lowest BCUT2D eigenvalue weighted by Crippen LogP contribution is -2.15. The fourth-order valence-electron chi connectivity index (χ4n) is 7.67. The summed E-state index contributed by atoms with van der Waals surface area (Å²) in [6.45, 7) is 18.1. The van der Waals surface area contributed by atoms with Crippen LogP contribution in [0.1, 0.15) is 57.7 Å². The third kappa shape index (κ3) is 4.96. The van der Waals surface area contributed by atoms with Gasteiger partial charge < -0.3 is 0 Å². The monoisotopic (exact) mass is 740 g/mol. The van der Waals surface area contributed by atoms with E-state index in [0.29, 0.717) is 0 Å². The molecule has 0 radical (unpaired) electrons. The van der Waals surface area contributed by atoms with Crippen LogP contribution < -0.4 is 0 Å². The molecular formula is C43H36N2S5. The largest absolute Gasteiger partial charge is 0.172 e. The van der Waals surface area contributed by atoms with E-state index < -0.39 is 0 Å². The normalized spacial score (nSPS) is 13.4. The molecule has 1 aliphatic rings. The van der Waals surface area contributed by atoms with Crippen molar-refractivity contribution in [2.24, 2.45) is 0 Å². The molecule has 7 heteroatoms. The maximum atomic E-state index is 4.87. The molecule has 1 aliphatic carbocycles.